The molecule has 27 heavy (non-hydrogen) atoms. The number of carbonyl (C=O) groups excluding carboxylic acids is 2. The highest BCUT2D eigenvalue weighted by Crippen LogP contribution is 2.19. The van der Waals surface area contributed by atoms with Crippen LogP contribution in [0, 0.1) is 0 Å². The second kappa shape index (κ2) is 7.46. The van der Waals surface area contributed by atoms with E-state index >= 15 is 0 Å². The molecule has 2 aliphatic heterocycles. The van der Waals surface area contributed by atoms with Gasteiger partial charge in [-0.2, -0.15) is 0 Å². The van der Waals surface area contributed by atoms with Gasteiger partial charge in [0.15, 0.2) is 5.96 Å². The first kappa shape index (κ1) is 19.0. The fraction of sp³-hybridized carbons (Fsp3) is 0.526. The predicted octanol–water partition coefficient (Wildman–Crippen LogP) is 1.17. The SMILES string of the molecule is CC(C)(C)OC(=O)N1CCN2C(NCc3ccc(C(N)=O)cc3)=NCC2C1. The van der Waals surface area contributed by atoms with Gasteiger partial charge in [-0.1, -0.05) is 12.1 Å². The van der Waals surface area contributed by atoms with Crippen LogP contribution in [0.4, 0.5) is 4.79 Å². The fourth-order valence-corrected chi connectivity index (χ4v) is 3.19. The zero-order valence-corrected chi connectivity index (χ0v) is 16.1. The molecule has 8 heteroatoms. The van der Waals surface area contributed by atoms with Gasteiger partial charge in [0.1, 0.15) is 5.60 Å². The van der Waals surface area contributed by atoms with Gasteiger partial charge in [0.25, 0.3) is 0 Å². The molecule has 0 radical (unpaired) electrons. The summed E-state index contributed by atoms with van der Waals surface area (Å²) in [5, 5.41) is 3.35. The molecule has 1 unspecified atom stereocenters. The third-order valence-electron chi connectivity index (χ3n) is 4.55. The maximum Gasteiger partial charge on any atom is 0.410 e. The van der Waals surface area contributed by atoms with Crippen LogP contribution in [0.15, 0.2) is 29.3 Å². The maximum absolute atomic E-state index is 12.3. The number of ether oxygens (including phenoxy) is 1. The van der Waals surface area contributed by atoms with Crippen molar-refractivity contribution in [3.8, 4) is 0 Å². The van der Waals surface area contributed by atoms with Crippen molar-refractivity contribution in [3.05, 3.63) is 35.4 Å². The van der Waals surface area contributed by atoms with Crippen LogP contribution < -0.4 is 11.1 Å². The first-order chi connectivity index (χ1) is 12.7. The number of nitrogens with one attached hydrogen (secondary N) is 1. The normalized spacial score (nSPS) is 19.4. The van der Waals surface area contributed by atoms with Crippen molar-refractivity contribution < 1.29 is 14.3 Å². The number of hydrogen-bond donors (Lipinski definition) is 2. The van der Waals surface area contributed by atoms with Crippen molar-refractivity contribution in [3.63, 3.8) is 0 Å². The van der Waals surface area contributed by atoms with Gasteiger partial charge in [-0.3, -0.25) is 9.79 Å². The lowest BCUT2D eigenvalue weighted by molar-refractivity contribution is 0.0137. The Morgan fingerprint density at radius 3 is 2.59 bits per heavy atom. The van der Waals surface area contributed by atoms with Gasteiger partial charge < -0.3 is 25.6 Å². The van der Waals surface area contributed by atoms with Gasteiger partial charge in [0.2, 0.25) is 5.91 Å². The Balaban J connectivity index is 1.51. The van der Waals surface area contributed by atoms with E-state index in [0.717, 1.165) is 18.1 Å². The van der Waals surface area contributed by atoms with Crippen LogP contribution in [-0.2, 0) is 11.3 Å². The number of piperazine rings is 1. The number of nitrogens with zero attached hydrogens (tertiary/aromatic N) is 3. The molecule has 1 atom stereocenters. The molecule has 146 valence electrons. The number of hydrogen-bond acceptors (Lipinski definition) is 6. The second-order valence-electron chi connectivity index (χ2n) is 7.85. The molecular weight excluding hydrogens is 346 g/mol. The van der Waals surface area contributed by atoms with Crippen LogP contribution in [0.1, 0.15) is 36.7 Å². The Kier molecular flexibility index (Phi) is 5.25. The predicted molar refractivity (Wildman–Crippen MR) is 102 cm³/mol. The molecule has 1 aromatic carbocycles. The van der Waals surface area contributed by atoms with Crippen molar-refractivity contribution in [2.24, 2.45) is 10.7 Å². The van der Waals surface area contributed by atoms with Crippen LogP contribution in [0.3, 0.4) is 0 Å². The average Bonchev–Trinajstić information content (AvgIpc) is 3.01. The number of guanidine groups is 1. The van der Waals surface area contributed by atoms with E-state index in [1.807, 2.05) is 32.9 Å². The van der Waals surface area contributed by atoms with E-state index in [1.165, 1.54) is 0 Å². The van der Waals surface area contributed by atoms with Crippen LogP contribution in [0.2, 0.25) is 0 Å². The van der Waals surface area contributed by atoms with Crippen molar-refractivity contribution >= 4 is 18.0 Å². The Morgan fingerprint density at radius 1 is 1.26 bits per heavy atom. The molecule has 0 aliphatic carbocycles. The topological polar surface area (TPSA) is 100 Å². The van der Waals surface area contributed by atoms with E-state index in [2.05, 4.69) is 15.2 Å². The summed E-state index contributed by atoms with van der Waals surface area (Å²) in [5.74, 6) is 0.420. The summed E-state index contributed by atoms with van der Waals surface area (Å²) in [4.78, 5) is 32.0. The molecule has 3 N–H and O–H groups in total. The number of carbonyl (C=O) groups is 2. The summed E-state index contributed by atoms with van der Waals surface area (Å²) < 4.78 is 5.47. The minimum absolute atomic E-state index is 0.172. The van der Waals surface area contributed by atoms with Crippen LogP contribution in [0.5, 0.6) is 0 Å². The van der Waals surface area contributed by atoms with Crippen LogP contribution >= 0.6 is 0 Å². The summed E-state index contributed by atoms with van der Waals surface area (Å²) in [5.41, 5.74) is 6.31. The third-order valence-corrected chi connectivity index (χ3v) is 4.55. The van der Waals surface area contributed by atoms with Gasteiger partial charge in [0.05, 0.1) is 12.6 Å². The standard InChI is InChI=1S/C19H27N5O3/c1-19(2,3)27-18(26)23-8-9-24-15(12-23)11-22-17(24)21-10-13-4-6-14(7-5-13)16(20)25/h4-7,15H,8-12H2,1-3H3,(H2,20,25)(H,21,22). The zero-order valence-electron chi connectivity index (χ0n) is 16.1. The fourth-order valence-electron chi connectivity index (χ4n) is 3.19. The van der Waals surface area contributed by atoms with Crippen molar-refractivity contribution in [2.75, 3.05) is 26.2 Å². The number of benzene rings is 1. The quantitative estimate of drug-likeness (QED) is 0.828. The van der Waals surface area contributed by atoms with Gasteiger partial charge in [-0.05, 0) is 38.5 Å². The summed E-state index contributed by atoms with van der Waals surface area (Å²) in [6, 6.07) is 7.36. The summed E-state index contributed by atoms with van der Waals surface area (Å²) >= 11 is 0. The van der Waals surface area contributed by atoms with E-state index in [4.69, 9.17) is 10.5 Å². The average molecular weight is 373 g/mol. The Hall–Kier alpha value is -2.77. The minimum atomic E-state index is -0.489. The number of fused-ring (bicyclic) bond motifs is 1. The summed E-state index contributed by atoms with van der Waals surface area (Å²) in [6.07, 6.45) is -0.266. The molecule has 8 nitrogen and oxygen atoms in total. The highest BCUT2D eigenvalue weighted by molar-refractivity contribution is 5.92. The van der Waals surface area contributed by atoms with Gasteiger partial charge >= 0.3 is 6.09 Å². The maximum atomic E-state index is 12.3. The molecular formula is C19H27N5O3. The zero-order chi connectivity index (χ0) is 19.6. The summed E-state index contributed by atoms with van der Waals surface area (Å²) in [6.45, 7) is 8.82. The van der Waals surface area contributed by atoms with E-state index in [9.17, 15) is 9.59 Å². The molecule has 2 aliphatic rings. The molecule has 1 saturated heterocycles. The first-order valence-electron chi connectivity index (χ1n) is 9.14. The lowest BCUT2D eigenvalue weighted by Crippen LogP contribution is -2.57. The number of amides is 2. The molecule has 3 rings (SSSR count). The van der Waals surface area contributed by atoms with E-state index < -0.39 is 11.5 Å². The van der Waals surface area contributed by atoms with Gasteiger partial charge in [-0.15, -0.1) is 0 Å². The van der Waals surface area contributed by atoms with E-state index in [-0.39, 0.29) is 12.1 Å². The van der Waals surface area contributed by atoms with E-state index in [1.54, 1.807) is 17.0 Å². The van der Waals surface area contributed by atoms with Crippen molar-refractivity contribution in [1.29, 1.82) is 0 Å². The lowest BCUT2D eigenvalue weighted by atomic mass is 10.1. The highest BCUT2D eigenvalue weighted by Gasteiger charge is 2.36. The molecule has 2 heterocycles. The largest absolute Gasteiger partial charge is 0.444 e. The number of rotatable bonds is 3. The Bertz CT molecular complexity index is 739. The van der Waals surface area contributed by atoms with Crippen molar-refractivity contribution in [2.45, 2.75) is 39.0 Å². The molecule has 0 saturated carbocycles. The van der Waals surface area contributed by atoms with E-state index in [0.29, 0.717) is 31.7 Å². The Morgan fingerprint density at radius 2 is 1.96 bits per heavy atom. The third kappa shape index (κ3) is 4.69. The molecule has 0 bridgehead atoms. The van der Waals surface area contributed by atoms with Gasteiger partial charge in [-0.25, -0.2) is 4.79 Å². The smallest absolute Gasteiger partial charge is 0.410 e. The highest BCUT2D eigenvalue weighted by atomic mass is 16.6. The molecule has 0 spiro atoms. The summed E-state index contributed by atoms with van der Waals surface area (Å²) in [7, 11) is 0. The second-order valence-corrected chi connectivity index (χ2v) is 7.85. The minimum Gasteiger partial charge on any atom is -0.444 e. The molecule has 2 amide bonds. The monoisotopic (exact) mass is 373 g/mol. The number of primary amides is 1. The number of aliphatic imine (C=N–C) groups is 1. The number of nitrogens with two attached hydrogens (primary N) is 1. The van der Waals surface area contributed by atoms with Crippen LogP contribution in [-0.4, -0.2) is 65.6 Å². The van der Waals surface area contributed by atoms with Crippen LogP contribution in [0.25, 0.3) is 0 Å². The molecule has 0 aromatic heterocycles. The lowest BCUT2D eigenvalue weighted by Gasteiger charge is -2.39. The molecule has 1 fully saturated rings. The Labute approximate surface area is 159 Å². The molecule has 1 aromatic rings. The van der Waals surface area contributed by atoms with Crippen molar-refractivity contribution in [1.82, 2.24) is 15.1 Å². The van der Waals surface area contributed by atoms with Gasteiger partial charge in [0, 0.05) is 31.7 Å². The first-order valence-corrected chi connectivity index (χ1v) is 9.14.